The van der Waals surface area contributed by atoms with E-state index in [9.17, 15) is 19.5 Å². The van der Waals surface area contributed by atoms with Crippen molar-refractivity contribution in [2.24, 2.45) is 11.8 Å². The van der Waals surface area contributed by atoms with Gasteiger partial charge in [-0.3, -0.25) is 24.6 Å². The molecule has 0 aliphatic carbocycles. The molecule has 0 aromatic heterocycles. The van der Waals surface area contributed by atoms with Crippen LogP contribution in [0.4, 0.5) is 11.4 Å². The van der Waals surface area contributed by atoms with Gasteiger partial charge in [-0.1, -0.05) is 32.0 Å². The number of carbonyl (C=O) groups excluding carboxylic acids is 3. The second-order valence-corrected chi connectivity index (χ2v) is 15.4. The zero-order valence-electron chi connectivity index (χ0n) is 29.7. The van der Waals surface area contributed by atoms with Crippen LogP contribution in [-0.4, -0.2) is 90.6 Å². The van der Waals surface area contributed by atoms with Crippen LogP contribution in [-0.2, 0) is 27.5 Å². The maximum absolute atomic E-state index is 13.1. The number of aromatic hydroxyl groups is 1. The number of piperazine rings is 1. The highest BCUT2D eigenvalue weighted by atomic mass is 16.5. The van der Waals surface area contributed by atoms with Gasteiger partial charge in [0.2, 0.25) is 11.8 Å². The van der Waals surface area contributed by atoms with Crippen molar-refractivity contribution >= 4 is 29.1 Å². The van der Waals surface area contributed by atoms with Gasteiger partial charge < -0.3 is 24.5 Å². The molecule has 0 saturated carbocycles. The number of hydrogen-bond donors (Lipinski definition) is 2. The molecule has 3 atom stereocenters. The SMILES string of the molecule is CC(C)[C@@H]1OCc2cc(O)ccc2[C@@H]1c1ccc(N2CCC(CN3CCN(c4ccc5c(c4)CN([C@H]4CCC(=O)NC4=O)C5=O)CC3)CC2)cc1. The van der Waals surface area contributed by atoms with Gasteiger partial charge in [0.05, 0.1) is 12.7 Å². The van der Waals surface area contributed by atoms with Crippen molar-refractivity contribution < 1.29 is 24.2 Å². The number of benzene rings is 3. The first kappa shape index (κ1) is 33.7. The average Bonchev–Trinajstić information content (AvgIpc) is 3.46. The molecule has 3 aromatic rings. The highest BCUT2D eigenvalue weighted by molar-refractivity contribution is 6.05. The average molecular weight is 692 g/mol. The lowest BCUT2D eigenvalue weighted by atomic mass is 9.78. The van der Waals surface area contributed by atoms with Crippen molar-refractivity contribution in [2.45, 2.75) is 70.7 Å². The van der Waals surface area contributed by atoms with Gasteiger partial charge in [-0.25, -0.2) is 0 Å². The Balaban J connectivity index is 0.825. The van der Waals surface area contributed by atoms with Gasteiger partial charge in [0.1, 0.15) is 11.8 Å². The number of phenolic OH excluding ortho intramolecular Hbond substituents is 1. The molecule has 5 aliphatic heterocycles. The fourth-order valence-electron chi connectivity index (χ4n) is 9.00. The molecule has 10 nitrogen and oxygen atoms in total. The minimum Gasteiger partial charge on any atom is -0.508 e. The number of carbonyl (C=O) groups is 3. The molecule has 3 fully saturated rings. The molecule has 0 spiro atoms. The monoisotopic (exact) mass is 691 g/mol. The van der Waals surface area contributed by atoms with Gasteiger partial charge in [-0.05, 0) is 95.8 Å². The second-order valence-electron chi connectivity index (χ2n) is 15.4. The molecule has 8 rings (SSSR count). The predicted octanol–water partition coefficient (Wildman–Crippen LogP) is 4.88. The molecular formula is C41H49N5O5. The van der Waals surface area contributed by atoms with Gasteiger partial charge in [-0.2, -0.15) is 0 Å². The summed E-state index contributed by atoms with van der Waals surface area (Å²) in [7, 11) is 0. The van der Waals surface area contributed by atoms with Crippen molar-refractivity contribution in [3.63, 3.8) is 0 Å². The van der Waals surface area contributed by atoms with Gasteiger partial charge >= 0.3 is 0 Å². The number of ether oxygens (including phenoxy) is 1. The number of nitrogens with zero attached hydrogens (tertiary/aromatic N) is 4. The molecule has 0 unspecified atom stereocenters. The topological polar surface area (TPSA) is 106 Å². The molecule has 2 N–H and O–H groups in total. The maximum Gasteiger partial charge on any atom is 0.255 e. The lowest BCUT2D eigenvalue weighted by Gasteiger charge is -2.40. The number of anilines is 2. The van der Waals surface area contributed by atoms with Crippen molar-refractivity contribution in [1.82, 2.24) is 15.1 Å². The summed E-state index contributed by atoms with van der Waals surface area (Å²) >= 11 is 0. The van der Waals surface area contributed by atoms with E-state index in [-0.39, 0.29) is 41.9 Å². The summed E-state index contributed by atoms with van der Waals surface area (Å²) < 4.78 is 6.32. The molecule has 0 bridgehead atoms. The largest absolute Gasteiger partial charge is 0.508 e. The van der Waals surface area contributed by atoms with E-state index < -0.39 is 6.04 Å². The Labute approximate surface area is 300 Å². The number of phenols is 1. The molecule has 3 amide bonds. The number of imide groups is 1. The van der Waals surface area contributed by atoms with Crippen LogP contribution >= 0.6 is 0 Å². The van der Waals surface area contributed by atoms with E-state index in [2.05, 4.69) is 70.3 Å². The Morgan fingerprint density at radius 2 is 1.55 bits per heavy atom. The van der Waals surface area contributed by atoms with E-state index in [4.69, 9.17) is 4.74 Å². The minimum atomic E-state index is -0.585. The molecule has 3 saturated heterocycles. The predicted molar refractivity (Wildman–Crippen MR) is 196 cm³/mol. The van der Waals surface area contributed by atoms with E-state index in [1.54, 1.807) is 11.0 Å². The van der Waals surface area contributed by atoms with Gasteiger partial charge in [0.15, 0.2) is 0 Å². The fourth-order valence-corrected chi connectivity index (χ4v) is 9.00. The maximum atomic E-state index is 13.1. The highest BCUT2D eigenvalue weighted by Gasteiger charge is 2.39. The molecule has 268 valence electrons. The van der Waals surface area contributed by atoms with E-state index in [0.29, 0.717) is 37.0 Å². The molecule has 10 heteroatoms. The number of piperidine rings is 2. The molecule has 3 aromatic carbocycles. The summed E-state index contributed by atoms with van der Waals surface area (Å²) in [4.78, 5) is 46.3. The number of amides is 3. The van der Waals surface area contributed by atoms with Crippen LogP contribution in [0, 0.1) is 11.8 Å². The quantitative estimate of drug-likeness (QED) is 0.338. The number of hydrogen-bond acceptors (Lipinski definition) is 8. The Bertz CT molecular complexity index is 1790. The van der Waals surface area contributed by atoms with E-state index in [1.165, 1.54) is 29.7 Å². The van der Waals surface area contributed by atoms with Crippen molar-refractivity contribution in [1.29, 1.82) is 0 Å². The molecule has 0 radical (unpaired) electrons. The van der Waals surface area contributed by atoms with Crippen LogP contribution < -0.4 is 15.1 Å². The summed E-state index contributed by atoms with van der Waals surface area (Å²) in [6.07, 6.45) is 3.12. The van der Waals surface area contributed by atoms with E-state index in [1.807, 2.05) is 18.2 Å². The third-order valence-electron chi connectivity index (χ3n) is 11.9. The van der Waals surface area contributed by atoms with Crippen LogP contribution in [0.15, 0.2) is 60.7 Å². The zero-order chi connectivity index (χ0) is 35.2. The molecule has 5 heterocycles. The Hall–Kier alpha value is -4.41. The number of nitrogens with one attached hydrogen (secondary N) is 1. The fraction of sp³-hybridized carbons (Fsp3) is 0.488. The summed E-state index contributed by atoms with van der Waals surface area (Å²) in [5.74, 6) is 0.746. The first-order valence-electron chi connectivity index (χ1n) is 18.7. The van der Waals surface area contributed by atoms with Crippen LogP contribution in [0.2, 0.25) is 0 Å². The second kappa shape index (κ2) is 14.0. The third-order valence-corrected chi connectivity index (χ3v) is 11.9. The van der Waals surface area contributed by atoms with Gasteiger partial charge in [-0.15, -0.1) is 0 Å². The van der Waals surface area contributed by atoms with E-state index in [0.717, 1.165) is 62.6 Å². The van der Waals surface area contributed by atoms with Crippen molar-refractivity contribution in [3.05, 3.63) is 88.5 Å². The zero-order valence-corrected chi connectivity index (χ0v) is 29.7. The Kier molecular flexibility index (Phi) is 9.23. The minimum absolute atomic E-state index is 0.0994. The summed E-state index contributed by atoms with van der Waals surface area (Å²) in [5.41, 5.74) is 7.63. The smallest absolute Gasteiger partial charge is 0.255 e. The van der Waals surface area contributed by atoms with Crippen LogP contribution in [0.25, 0.3) is 0 Å². The van der Waals surface area contributed by atoms with Crippen LogP contribution in [0.3, 0.4) is 0 Å². The Morgan fingerprint density at radius 3 is 2.27 bits per heavy atom. The highest BCUT2D eigenvalue weighted by Crippen LogP contribution is 2.41. The first-order chi connectivity index (χ1) is 24.7. The van der Waals surface area contributed by atoms with Crippen molar-refractivity contribution in [2.75, 3.05) is 55.6 Å². The lowest BCUT2D eigenvalue weighted by Crippen LogP contribution is -2.52. The summed E-state index contributed by atoms with van der Waals surface area (Å²) in [5, 5.41) is 12.4. The van der Waals surface area contributed by atoms with Crippen LogP contribution in [0.1, 0.15) is 78.1 Å². The Morgan fingerprint density at radius 1 is 0.824 bits per heavy atom. The normalized spacial score (nSPS) is 24.6. The van der Waals surface area contributed by atoms with Gasteiger partial charge in [0.25, 0.3) is 5.91 Å². The molecular weight excluding hydrogens is 642 g/mol. The van der Waals surface area contributed by atoms with E-state index >= 15 is 0 Å². The lowest BCUT2D eigenvalue weighted by molar-refractivity contribution is -0.136. The van der Waals surface area contributed by atoms with Crippen molar-refractivity contribution in [3.8, 4) is 5.75 Å². The van der Waals surface area contributed by atoms with Crippen LogP contribution in [0.5, 0.6) is 5.75 Å². The molecule has 5 aliphatic rings. The van der Waals surface area contributed by atoms with Gasteiger partial charge in [0, 0.05) is 81.6 Å². The summed E-state index contributed by atoms with van der Waals surface area (Å²) in [6, 6.07) is 20.3. The number of fused-ring (bicyclic) bond motifs is 2. The first-order valence-corrected chi connectivity index (χ1v) is 18.7. The molecule has 51 heavy (non-hydrogen) atoms. The third kappa shape index (κ3) is 6.71. The number of rotatable bonds is 7. The summed E-state index contributed by atoms with van der Waals surface area (Å²) in [6.45, 7) is 12.6. The standard InChI is InChI=1S/C41H49N5O5/c1-26(2)39-38(34-10-8-33(47)22-30(34)25-51-39)28-3-5-31(6-4-28)44-15-13-27(14-16-44)23-43-17-19-45(20-18-43)32-7-9-35-29(21-32)24-46(41(35)50)36-11-12-37(48)42-40(36)49/h3-10,21-22,26-27,36,38-39,47H,11-20,23-25H2,1-2H3,(H,42,48,49)/t36-,38-,39-/m0/s1.